The van der Waals surface area contributed by atoms with Gasteiger partial charge >= 0.3 is 6.17 Å². The molecule has 3 aromatic carbocycles. The number of benzene rings is 3. The molecule has 0 aromatic heterocycles. The Hall–Kier alpha value is -4.65. The lowest BCUT2D eigenvalue weighted by molar-refractivity contribution is -0.135. The van der Waals surface area contributed by atoms with Crippen LogP contribution >= 0.6 is 0 Å². The largest absolute Gasteiger partial charge is 0.493 e. The third-order valence-electron chi connectivity index (χ3n) is 7.42. The maximum Gasteiger partial charge on any atom is 0.300 e. The van der Waals surface area contributed by atoms with E-state index >= 15 is 0 Å². The predicted octanol–water partition coefficient (Wildman–Crippen LogP) is 5.57. The highest BCUT2D eigenvalue weighted by Crippen LogP contribution is 2.42. The minimum absolute atomic E-state index is 0.0145. The number of likely N-dealkylation sites (tertiary alicyclic amines) is 2. The molecule has 0 spiro atoms. The maximum atomic E-state index is 14.7. The van der Waals surface area contributed by atoms with Crippen molar-refractivity contribution in [3.8, 4) is 17.2 Å². The van der Waals surface area contributed by atoms with Gasteiger partial charge in [-0.2, -0.15) is 0 Å². The highest BCUT2D eigenvalue weighted by atomic mass is 19.3. The van der Waals surface area contributed by atoms with E-state index in [1.54, 1.807) is 0 Å². The van der Waals surface area contributed by atoms with Gasteiger partial charge in [0, 0.05) is 24.9 Å². The molecule has 218 valence electrons. The number of hydrogen-bond acceptors (Lipinski definition) is 5. The molecule has 42 heavy (non-hydrogen) atoms. The lowest BCUT2D eigenvalue weighted by Crippen LogP contribution is -2.48. The molecule has 0 unspecified atom stereocenters. The van der Waals surface area contributed by atoms with Crippen LogP contribution in [-0.2, 0) is 18.0 Å². The number of carbonyl (C=O) groups is 2. The van der Waals surface area contributed by atoms with Gasteiger partial charge in [-0.05, 0) is 29.7 Å². The Kier molecular flexibility index (Phi) is 8.57. The number of methoxy groups -OCH3 is 1. The Bertz CT molecular complexity index is 1460. The number of carbonyl (C=O) groups excluding carboxylic acids is 2. The van der Waals surface area contributed by atoms with Gasteiger partial charge in [-0.15, -0.1) is 0 Å². The summed E-state index contributed by atoms with van der Waals surface area (Å²) >= 11 is 0. The van der Waals surface area contributed by atoms with Crippen molar-refractivity contribution in [2.45, 2.75) is 50.6 Å². The molecule has 2 fully saturated rings. The van der Waals surface area contributed by atoms with Gasteiger partial charge in [-0.25, -0.2) is 15.4 Å². The van der Waals surface area contributed by atoms with Gasteiger partial charge in [0.05, 0.1) is 13.7 Å². The summed E-state index contributed by atoms with van der Waals surface area (Å²) in [5, 5.41) is 0. The number of rotatable bonds is 9. The molecule has 10 heteroatoms. The zero-order valence-corrected chi connectivity index (χ0v) is 23.2. The van der Waals surface area contributed by atoms with Gasteiger partial charge in [0.1, 0.15) is 19.3 Å². The maximum absolute atomic E-state index is 14.7. The molecule has 8 nitrogen and oxygen atoms in total. The van der Waals surface area contributed by atoms with Crippen molar-refractivity contribution in [2.75, 3.05) is 20.2 Å². The Morgan fingerprint density at radius 1 is 0.952 bits per heavy atom. The molecule has 2 atom stereocenters. The van der Waals surface area contributed by atoms with E-state index in [4.69, 9.17) is 20.8 Å². The number of ether oxygens (including phenoxy) is 3. The van der Waals surface area contributed by atoms with E-state index in [0.29, 0.717) is 19.4 Å². The minimum Gasteiger partial charge on any atom is -0.493 e. The molecular weight excluding hydrogens is 544 g/mol. The Morgan fingerprint density at radius 3 is 2.19 bits per heavy atom. The second-order valence-electron chi connectivity index (χ2n) is 10.3. The second kappa shape index (κ2) is 12.5. The molecule has 0 N–H and O–H groups in total. The van der Waals surface area contributed by atoms with E-state index < -0.39 is 42.9 Å². The van der Waals surface area contributed by atoms with Crippen LogP contribution in [0.4, 0.5) is 8.78 Å². The summed E-state index contributed by atoms with van der Waals surface area (Å²) in [5.41, 5.74) is 1.78. The molecule has 0 aliphatic carbocycles. The van der Waals surface area contributed by atoms with Crippen molar-refractivity contribution in [3.63, 3.8) is 0 Å². The molecule has 0 radical (unpaired) electrons. The fourth-order valence-electron chi connectivity index (χ4n) is 5.31. The lowest BCUT2D eigenvalue weighted by atomic mass is 10.1. The van der Waals surface area contributed by atoms with Crippen LogP contribution < -0.4 is 14.2 Å². The van der Waals surface area contributed by atoms with E-state index in [0.717, 1.165) is 16.0 Å². The van der Waals surface area contributed by atoms with E-state index in [9.17, 15) is 18.4 Å². The molecule has 0 bridgehead atoms. The van der Waals surface area contributed by atoms with Crippen LogP contribution in [0.25, 0.3) is 4.85 Å². The molecule has 2 saturated heterocycles. The quantitative estimate of drug-likeness (QED) is 0.312. The first-order chi connectivity index (χ1) is 20.3. The summed E-state index contributed by atoms with van der Waals surface area (Å²) in [5.74, 6) is -4.01. The standard InChI is InChI=1S/C32H31F2N3O5/c1-35-28-14-9-15-36(28)31(39)25-18-32(33,34)21-37(25)30(38)24-16-26(40-2)29(42-20-23-12-7-4-8-13-23)27(17-24)41-19-22-10-5-3-6-11-22/h3-8,10-13,16-17,25,28H,9,14-15,18-21H2,2H3/t25-,28-/m0/s1. The molecule has 2 amide bonds. The highest BCUT2D eigenvalue weighted by Gasteiger charge is 2.52. The van der Waals surface area contributed by atoms with E-state index in [-0.39, 0.29) is 36.0 Å². The molecular formula is C32H31F2N3O5. The first-order valence-corrected chi connectivity index (χ1v) is 13.7. The van der Waals surface area contributed by atoms with Crippen molar-refractivity contribution in [3.05, 3.63) is 101 Å². The minimum atomic E-state index is -3.25. The Balaban J connectivity index is 1.47. The predicted molar refractivity (Wildman–Crippen MR) is 150 cm³/mol. The monoisotopic (exact) mass is 575 g/mol. The van der Waals surface area contributed by atoms with Crippen LogP contribution in [0.3, 0.4) is 0 Å². The van der Waals surface area contributed by atoms with Gasteiger partial charge in [0.25, 0.3) is 17.7 Å². The highest BCUT2D eigenvalue weighted by molar-refractivity contribution is 5.99. The van der Waals surface area contributed by atoms with Crippen LogP contribution in [0, 0.1) is 6.57 Å². The van der Waals surface area contributed by atoms with Crippen molar-refractivity contribution in [1.82, 2.24) is 9.80 Å². The lowest BCUT2D eigenvalue weighted by Gasteiger charge is -2.27. The number of alkyl halides is 2. The first-order valence-electron chi connectivity index (χ1n) is 13.7. The summed E-state index contributed by atoms with van der Waals surface area (Å²) in [7, 11) is 1.41. The normalized spacial score (nSPS) is 19.3. The SMILES string of the molecule is [C-]#[N+][C@@H]1CCCN1C(=O)[C@@H]1CC(F)(F)CN1C(=O)c1cc(OC)c(OCc2ccccc2)c(OCc2ccccc2)c1. The Morgan fingerprint density at radius 2 is 1.57 bits per heavy atom. The van der Waals surface area contributed by atoms with Crippen molar-refractivity contribution in [1.29, 1.82) is 0 Å². The van der Waals surface area contributed by atoms with Gasteiger partial charge in [-0.1, -0.05) is 60.7 Å². The van der Waals surface area contributed by atoms with Gasteiger partial charge in [0.2, 0.25) is 5.75 Å². The summed E-state index contributed by atoms with van der Waals surface area (Å²) in [6.45, 7) is 7.12. The van der Waals surface area contributed by atoms with Crippen LogP contribution in [0.5, 0.6) is 17.2 Å². The first kappa shape index (κ1) is 28.9. The fraction of sp³-hybridized carbons (Fsp3) is 0.344. The summed E-state index contributed by atoms with van der Waals surface area (Å²) in [6, 6.07) is 20.3. The molecule has 2 aliphatic heterocycles. The Labute approximate surface area is 243 Å². The van der Waals surface area contributed by atoms with E-state index in [1.165, 1.54) is 24.1 Å². The summed E-state index contributed by atoms with van der Waals surface area (Å²) in [6.07, 6.45) is -0.413. The van der Waals surface area contributed by atoms with Crippen molar-refractivity contribution in [2.24, 2.45) is 0 Å². The summed E-state index contributed by atoms with van der Waals surface area (Å²) in [4.78, 5) is 32.9. The van der Waals surface area contributed by atoms with Crippen LogP contribution in [0.15, 0.2) is 72.8 Å². The van der Waals surface area contributed by atoms with Crippen LogP contribution in [0.1, 0.15) is 40.7 Å². The van der Waals surface area contributed by atoms with E-state index in [1.807, 2.05) is 60.7 Å². The number of nitrogens with zero attached hydrogens (tertiary/aromatic N) is 3. The van der Waals surface area contributed by atoms with E-state index in [2.05, 4.69) is 4.85 Å². The van der Waals surface area contributed by atoms with Gasteiger partial charge < -0.3 is 19.1 Å². The third-order valence-corrected chi connectivity index (χ3v) is 7.42. The number of halogens is 2. The summed E-state index contributed by atoms with van der Waals surface area (Å²) < 4.78 is 47.2. The zero-order chi connectivity index (χ0) is 29.7. The average molecular weight is 576 g/mol. The van der Waals surface area contributed by atoms with Crippen molar-refractivity contribution < 1.29 is 32.6 Å². The van der Waals surface area contributed by atoms with Crippen LogP contribution in [0.2, 0.25) is 0 Å². The fourth-order valence-corrected chi connectivity index (χ4v) is 5.31. The number of hydrogen-bond donors (Lipinski definition) is 0. The molecule has 0 saturated carbocycles. The molecule has 2 heterocycles. The molecule has 3 aromatic rings. The third kappa shape index (κ3) is 6.30. The van der Waals surface area contributed by atoms with Gasteiger partial charge in [0.15, 0.2) is 11.5 Å². The average Bonchev–Trinajstić information content (AvgIpc) is 3.63. The topological polar surface area (TPSA) is 72.7 Å². The second-order valence-corrected chi connectivity index (χ2v) is 10.3. The zero-order valence-electron chi connectivity index (χ0n) is 23.2. The van der Waals surface area contributed by atoms with Crippen molar-refractivity contribution >= 4 is 11.8 Å². The van der Waals surface area contributed by atoms with Crippen LogP contribution in [-0.4, -0.2) is 59.9 Å². The number of amides is 2. The molecule has 5 rings (SSSR count). The molecule has 2 aliphatic rings. The van der Waals surface area contributed by atoms with Gasteiger partial charge in [-0.3, -0.25) is 19.3 Å². The smallest absolute Gasteiger partial charge is 0.300 e.